The maximum absolute atomic E-state index is 12.8. The molecule has 0 spiro atoms. The first-order chi connectivity index (χ1) is 12.0. The summed E-state index contributed by atoms with van der Waals surface area (Å²) in [6.07, 6.45) is 4.40. The minimum Gasteiger partial charge on any atom is -0.378 e. The highest BCUT2D eigenvalue weighted by molar-refractivity contribution is 7.89. The zero-order valence-corrected chi connectivity index (χ0v) is 15.5. The van der Waals surface area contributed by atoms with Gasteiger partial charge in [-0.15, -0.1) is 0 Å². The number of morpholine rings is 1. The molecule has 25 heavy (non-hydrogen) atoms. The minimum atomic E-state index is -3.56. The van der Waals surface area contributed by atoms with Gasteiger partial charge in [0.05, 0.1) is 18.1 Å². The Morgan fingerprint density at radius 3 is 2.28 bits per heavy atom. The summed E-state index contributed by atoms with van der Waals surface area (Å²) < 4.78 is 32.4. The molecular formula is C18H26N2O4S. The Balaban J connectivity index is 1.76. The molecule has 0 radical (unpaired) electrons. The predicted molar refractivity (Wildman–Crippen MR) is 95.0 cm³/mol. The summed E-state index contributed by atoms with van der Waals surface area (Å²) in [5.74, 6) is -0.00871. The van der Waals surface area contributed by atoms with Crippen LogP contribution in [0.2, 0.25) is 0 Å². The number of benzene rings is 1. The van der Waals surface area contributed by atoms with E-state index in [-0.39, 0.29) is 16.8 Å². The lowest BCUT2D eigenvalue weighted by atomic mass is 10.2. The van der Waals surface area contributed by atoms with Crippen LogP contribution in [-0.4, -0.2) is 62.4 Å². The van der Waals surface area contributed by atoms with Gasteiger partial charge in [0.2, 0.25) is 10.0 Å². The van der Waals surface area contributed by atoms with Crippen LogP contribution >= 0.6 is 0 Å². The zero-order valence-electron chi connectivity index (χ0n) is 14.7. The molecule has 7 heteroatoms. The van der Waals surface area contributed by atoms with Gasteiger partial charge in [-0.3, -0.25) is 4.79 Å². The number of hydrogen-bond acceptors (Lipinski definition) is 4. The summed E-state index contributed by atoms with van der Waals surface area (Å²) in [5, 5.41) is 0. The molecule has 0 aromatic heterocycles. The molecule has 1 aromatic rings. The number of ether oxygens (including phenoxy) is 1. The van der Waals surface area contributed by atoms with Crippen LogP contribution in [0.4, 0.5) is 0 Å². The van der Waals surface area contributed by atoms with E-state index in [4.69, 9.17) is 4.74 Å². The molecule has 0 saturated carbocycles. The topological polar surface area (TPSA) is 66.9 Å². The number of carbonyl (C=O) groups excluding carboxylic acids is 1. The van der Waals surface area contributed by atoms with Crippen molar-refractivity contribution in [1.29, 1.82) is 0 Å². The molecule has 0 aliphatic carbocycles. The second kappa shape index (κ2) is 7.85. The van der Waals surface area contributed by atoms with Gasteiger partial charge in [-0.25, -0.2) is 8.42 Å². The van der Waals surface area contributed by atoms with Crippen LogP contribution in [0.25, 0.3) is 0 Å². The van der Waals surface area contributed by atoms with Crippen LogP contribution in [0.15, 0.2) is 29.2 Å². The molecule has 2 fully saturated rings. The van der Waals surface area contributed by atoms with E-state index in [1.807, 2.05) is 11.8 Å². The van der Waals surface area contributed by atoms with Crippen LogP contribution in [0.5, 0.6) is 0 Å². The van der Waals surface area contributed by atoms with E-state index in [2.05, 4.69) is 0 Å². The first-order valence-electron chi connectivity index (χ1n) is 8.99. The van der Waals surface area contributed by atoms with Gasteiger partial charge in [0.15, 0.2) is 0 Å². The molecular weight excluding hydrogens is 340 g/mol. The molecule has 1 unspecified atom stereocenters. The Bertz CT molecular complexity index is 694. The Morgan fingerprint density at radius 2 is 1.68 bits per heavy atom. The summed E-state index contributed by atoms with van der Waals surface area (Å²) in [6.45, 7) is 4.58. The first-order valence-corrected chi connectivity index (χ1v) is 10.4. The third-order valence-electron chi connectivity index (χ3n) is 4.91. The summed E-state index contributed by atoms with van der Waals surface area (Å²) in [6, 6.07) is 6.17. The number of nitrogens with zero attached hydrogens (tertiary/aromatic N) is 2. The Labute approximate surface area is 149 Å². The monoisotopic (exact) mass is 366 g/mol. The van der Waals surface area contributed by atoms with E-state index < -0.39 is 10.0 Å². The molecule has 2 aliphatic rings. The standard InChI is InChI=1S/C18H26N2O4S/c1-15-14-24-13-12-20(15)25(22,23)17-8-6-16(7-9-17)18(21)19-10-4-2-3-5-11-19/h6-9,15H,2-5,10-14H2,1H3. The zero-order chi connectivity index (χ0) is 17.9. The van der Waals surface area contributed by atoms with Crippen LogP contribution < -0.4 is 0 Å². The fourth-order valence-electron chi connectivity index (χ4n) is 3.43. The lowest BCUT2D eigenvalue weighted by molar-refractivity contribution is 0.0393. The Hall–Kier alpha value is -1.44. The van der Waals surface area contributed by atoms with E-state index in [9.17, 15) is 13.2 Å². The summed E-state index contributed by atoms with van der Waals surface area (Å²) in [4.78, 5) is 14.7. The van der Waals surface area contributed by atoms with Crippen molar-refractivity contribution < 1.29 is 17.9 Å². The number of carbonyl (C=O) groups is 1. The average molecular weight is 366 g/mol. The van der Waals surface area contributed by atoms with Gasteiger partial charge in [-0.05, 0) is 44.0 Å². The van der Waals surface area contributed by atoms with Crippen LogP contribution in [0, 0.1) is 0 Å². The van der Waals surface area contributed by atoms with E-state index in [1.54, 1.807) is 24.3 Å². The van der Waals surface area contributed by atoms with Crippen molar-refractivity contribution in [3.63, 3.8) is 0 Å². The van der Waals surface area contributed by atoms with Crippen molar-refractivity contribution in [3.05, 3.63) is 29.8 Å². The number of rotatable bonds is 3. The van der Waals surface area contributed by atoms with E-state index in [0.717, 1.165) is 25.9 Å². The summed E-state index contributed by atoms with van der Waals surface area (Å²) in [7, 11) is -3.56. The fraction of sp³-hybridized carbons (Fsp3) is 0.611. The van der Waals surface area contributed by atoms with Gasteiger partial charge in [0.1, 0.15) is 0 Å². The van der Waals surface area contributed by atoms with Crippen molar-refractivity contribution in [2.45, 2.75) is 43.5 Å². The van der Waals surface area contributed by atoms with Gasteiger partial charge in [0.25, 0.3) is 5.91 Å². The fourth-order valence-corrected chi connectivity index (χ4v) is 5.03. The molecule has 0 N–H and O–H groups in total. The van der Waals surface area contributed by atoms with Gasteiger partial charge in [-0.1, -0.05) is 12.8 Å². The van der Waals surface area contributed by atoms with Gasteiger partial charge in [0, 0.05) is 31.2 Å². The molecule has 2 heterocycles. The Morgan fingerprint density at radius 1 is 1.04 bits per heavy atom. The van der Waals surface area contributed by atoms with Gasteiger partial charge >= 0.3 is 0 Å². The quantitative estimate of drug-likeness (QED) is 0.822. The lowest BCUT2D eigenvalue weighted by Gasteiger charge is -2.32. The molecule has 138 valence electrons. The Kier molecular flexibility index (Phi) is 5.76. The average Bonchev–Trinajstić information content (AvgIpc) is 2.91. The number of hydrogen-bond donors (Lipinski definition) is 0. The van der Waals surface area contributed by atoms with Crippen molar-refractivity contribution in [2.75, 3.05) is 32.8 Å². The third kappa shape index (κ3) is 4.04. The van der Waals surface area contributed by atoms with Crippen molar-refractivity contribution in [2.24, 2.45) is 0 Å². The molecule has 6 nitrogen and oxygen atoms in total. The van der Waals surface area contributed by atoms with Crippen molar-refractivity contribution in [1.82, 2.24) is 9.21 Å². The van der Waals surface area contributed by atoms with Crippen LogP contribution in [0.1, 0.15) is 43.0 Å². The molecule has 1 aromatic carbocycles. The maximum atomic E-state index is 12.8. The number of sulfonamides is 1. The molecule has 2 aliphatic heterocycles. The minimum absolute atomic E-state index is 0.00871. The third-order valence-corrected chi connectivity index (χ3v) is 6.94. The molecule has 1 atom stereocenters. The van der Waals surface area contributed by atoms with E-state index >= 15 is 0 Å². The second-order valence-corrected chi connectivity index (χ2v) is 8.66. The van der Waals surface area contributed by atoms with Crippen molar-refractivity contribution >= 4 is 15.9 Å². The SMILES string of the molecule is CC1COCCN1S(=O)(=O)c1ccc(C(=O)N2CCCCCC2)cc1. The lowest BCUT2D eigenvalue weighted by Crippen LogP contribution is -2.46. The smallest absolute Gasteiger partial charge is 0.253 e. The highest BCUT2D eigenvalue weighted by Crippen LogP contribution is 2.22. The number of likely N-dealkylation sites (tertiary alicyclic amines) is 1. The predicted octanol–water partition coefficient (Wildman–Crippen LogP) is 2.11. The molecule has 0 bridgehead atoms. The number of amides is 1. The highest BCUT2D eigenvalue weighted by Gasteiger charge is 2.31. The summed E-state index contributed by atoms with van der Waals surface area (Å²) in [5.41, 5.74) is 0.552. The molecule has 3 rings (SSSR count). The van der Waals surface area contributed by atoms with E-state index in [1.165, 1.54) is 17.1 Å². The second-order valence-electron chi connectivity index (χ2n) is 6.77. The molecule has 1 amide bonds. The normalized spacial score (nSPS) is 23.2. The summed E-state index contributed by atoms with van der Waals surface area (Å²) >= 11 is 0. The van der Waals surface area contributed by atoms with Gasteiger partial charge in [-0.2, -0.15) is 4.31 Å². The van der Waals surface area contributed by atoms with Crippen LogP contribution in [0.3, 0.4) is 0 Å². The largest absolute Gasteiger partial charge is 0.378 e. The van der Waals surface area contributed by atoms with E-state index in [0.29, 0.717) is 25.3 Å². The van der Waals surface area contributed by atoms with Gasteiger partial charge < -0.3 is 9.64 Å². The molecule has 2 saturated heterocycles. The van der Waals surface area contributed by atoms with Crippen LogP contribution in [-0.2, 0) is 14.8 Å². The maximum Gasteiger partial charge on any atom is 0.253 e. The highest BCUT2D eigenvalue weighted by atomic mass is 32.2. The first kappa shape index (κ1) is 18.4. The van der Waals surface area contributed by atoms with Crippen molar-refractivity contribution in [3.8, 4) is 0 Å².